The van der Waals surface area contributed by atoms with Gasteiger partial charge < -0.3 is 14.8 Å². The summed E-state index contributed by atoms with van der Waals surface area (Å²) >= 11 is 0. The summed E-state index contributed by atoms with van der Waals surface area (Å²) in [5.41, 5.74) is 2.06. The number of hydrogen-bond donors (Lipinski definition) is 1. The lowest BCUT2D eigenvalue weighted by Crippen LogP contribution is -2.34. The fourth-order valence-electron chi connectivity index (χ4n) is 2.11. The van der Waals surface area contributed by atoms with Crippen LogP contribution in [-0.2, 0) is 19.1 Å². The second kappa shape index (κ2) is 8.34. The molecule has 0 spiro atoms. The van der Waals surface area contributed by atoms with E-state index in [1.54, 1.807) is 6.08 Å². The number of hydrogen-bond acceptors (Lipinski definition) is 4. The Bertz CT molecular complexity index is 530. The van der Waals surface area contributed by atoms with E-state index in [2.05, 4.69) is 5.32 Å². The highest BCUT2D eigenvalue weighted by Crippen LogP contribution is 2.10. The van der Waals surface area contributed by atoms with Gasteiger partial charge in [0.25, 0.3) is 5.91 Å². The summed E-state index contributed by atoms with van der Waals surface area (Å²) in [5.74, 6) is -0.847. The summed E-state index contributed by atoms with van der Waals surface area (Å²) in [4.78, 5) is 23.1. The maximum Gasteiger partial charge on any atom is 0.331 e. The largest absolute Gasteiger partial charge is 0.452 e. The van der Waals surface area contributed by atoms with Crippen molar-refractivity contribution >= 4 is 18.0 Å². The van der Waals surface area contributed by atoms with Crippen LogP contribution in [0.25, 0.3) is 6.08 Å². The van der Waals surface area contributed by atoms with Gasteiger partial charge in [-0.15, -0.1) is 0 Å². The Morgan fingerprint density at radius 1 is 1.36 bits per heavy atom. The Morgan fingerprint density at radius 2 is 2.14 bits per heavy atom. The Balaban J connectivity index is 1.66. The number of ether oxygens (including phenoxy) is 2. The number of aryl methyl sites for hydroxylation is 1. The molecule has 1 fully saturated rings. The highest BCUT2D eigenvalue weighted by molar-refractivity contribution is 5.89. The Morgan fingerprint density at radius 3 is 2.82 bits per heavy atom. The highest BCUT2D eigenvalue weighted by atomic mass is 16.5. The van der Waals surface area contributed by atoms with Gasteiger partial charge in [-0.05, 0) is 31.4 Å². The van der Waals surface area contributed by atoms with E-state index in [9.17, 15) is 9.59 Å². The quantitative estimate of drug-likeness (QED) is 0.643. The molecule has 1 N–H and O–H groups in total. The third-order valence-electron chi connectivity index (χ3n) is 3.39. The molecule has 0 aromatic heterocycles. The Labute approximate surface area is 130 Å². The first-order valence-corrected chi connectivity index (χ1v) is 7.43. The van der Waals surface area contributed by atoms with E-state index in [0.29, 0.717) is 6.54 Å². The second-order valence-electron chi connectivity index (χ2n) is 5.29. The molecule has 1 atom stereocenters. The summed E-state index contributed by atoms with van der Waals surface area (Å²) < 4.78 is 10.3. The molecule has 5 heteroatoms. The molecule has 0 aliphatic carbocycles. The molecule has 1 unspecified atom stereocenters. The first kappa shape index (κ1) is 16.2. The first-order chi connectivity index (χ1) is 10.6. The normalized spacial score (nSPS) is 17.6. The van der Waals surface area contributed by atoms with Crippen LogP contribution in [0.1, 0.15) is 24.0 Å². The Hall–Kier alpha value is -2.14. The minimum absolute atomic E-state index is 0.0843. The molecule has 1 aliphatic heterocycles. The van der Waals surface area contributed by atoms with E-state index in [0.717, 1.165) is 30.6 Å². The summed E-state index contributed by atoms with van der Waals surface area (Å²) in [7, 11) is 0. The first-order valence-electron chi connectivity index (χ1n) is 7.43. The van der Waals surface area contributed by atoms with Crippen molar-refractivity contribution in [2.45, 2.75) is 25.9 Å². The molecular formula is C17H21NO4. The van der Waals surface area contributed by atoms with Crippen LogP contribution >= 0.6 is 0 Å². The van der Waals surface area contributed by atoms with Gasteiger partial charge in [0.05, 0.1) is 6.10 Å². The molecule has 0 bridgehead atoms. The SMILES string of the molecule is Cc1ccc(/C=C/C(=O)OCC(=O)NCC2CCCO2)cc1. The zero-order chi connectivity index (χ0) is 15.8. The van der Waals surface area contributed by atoms with Crippen molar-refractivity contribution < 1.29 is 19.1 Å². The van der Waals surface area contributed by atoms with Crippen LogP contribution in [0.4, 0.5) is 0 Å². The molecule has 2 rings (SSSR count). The third-order valence-corrected chi connectivity index (χ3v) is 3.39. The van der Waals surface area contributed by atoms with Crippen LogP contribution in [0, 0.1) is 6.92 Å². The average Bonchev–Trinajstić information content (AvgIpc) is 3.04. The van der Waals surface area contributed by atoms with E-state index in [1.807, 2.05) is 31.2 Å². The minimum atomic E-state index is -0.534. The maximum absolute atomic E-state index is 11.5. The number of benzene rings is 1. The lowest BCUT2D eigenvalue weighted by molar-refractivity contribution is -0.143. The zero-order valence-corrected chi connectivity index (χ0v) is 12.7. The van der Waals surface area contributed by atoms with Gasteiger partial charge in [-0.3, -0.25) is 4.79 Å². The van der Waals surface area contributed by atoms with Gasteiger partial charge in [-0.25, -0.2) is 4.79 Å². The molecule has 1 heterocycles. The lowest BCUT2D eigenvalue weighted by atomic mass is 10.1. The van der Waals surface area contributed by atoms with Crippen LogP contribution in [0.15, 0.2) is 30.3 Å². The average molecular weight is 303 g/mol. The van der Waals surface area contributed by atoms with Crippen LogP contribution in [0.2, 0.25) is 0 Å². The molecule has 1 aromatic rings. The highest BCUT2D eigenvalue weighted by Gasteiger charge is 2.16. The molecule has 118 valence electrons. The van der Waals surface area contributed by atoms with Crippen molar-refractivity contribution in [1.82, 2.24) is 5.32 Å². The van der Waals surface area contributed by atoms with E-state index >= 15 is 0 Å². The van der Waals surface area contributed by atoms with E-state index in [-0.39, 0.29) is 18.6 Å². The fraction of sp³-hybridized carbons (Fsp3) is 0.412. The number of carbonyl (C=O) groups is 2. The van der Waals surface area contributed by atoms with Crippen molar-refractivity contribution in [1.29, 1.82) is 0 Å². The molecule has 1 aromatic carbocycles. The van der Waals surface area contributed by atoms with Crippen molar-refractivity contribution in [3.8, 4) is 0 Å². The second-order valence-corrected chi connectivity index (χ2v) is 5.29. The number of carbonyl (C=O) groups excluding carboxylic acids is 2. The number of rotatable bonds is 6. The van der Waals surface area contributed by atoms with Crippen LogP contribution in [-0.4, -0.2) is 37.7 Å². The van der Waals surface area contributed by atoms with Crippen molar-refractivity contribution in [2.24, 2.45) is 0 Å². The van der Waals surface area contributed by atoms with Crippen molar-refractivity contribution in [3.05, 3.63) is 41.5 Å². The maximum atomic E-state index is 11.5. The molecule has 22 heavy (non-hydrogen) atoms. The van der Waals surface area contributed by atoms with E-state index < -0.39 is 5.97 Å². The number of esters is 1. The number of amides is 1. The van der Waals surface area contributed by atoms with Gasteiger partial charge >= 0.3 is 5.97 Å². The van der Waals surface area contributed by atoms with Crippen LogP contribution in [0.5, 0.6) is 0 Å². The van der Waals surface area contributed by atoms with E-state index in [1.165, 1.54) is 6.08 Å². The summed E-state index contributed by atoms with van der Waals surface area (Å²) in [6.07, 6.45) is 5.05. The molecule has 1 saturated heterocycles. The monoisotopic (exact) mass is 303 g/mol. The lowest BCUT2D eigenvalue weighted by Gasteiger charge is -2.10. The molecule has 0 saturated carbocycles. The van der Waals surface area contributed by atoms with E-state index in [4.69, 9.17) is 9.47 Å². The third kappa shape index (κ3) is 5.69. The predicted molar refractivity (Wildman–Crippen MR) is 83.2 cm³/mol. The minimum Gasteiger partial charge on any atom is -0.452 e. The summed E-state index contributed by atoms with van der Waals surface area (Å²) in [6, 6.07) is 7.74. The number of nitrogens with one attached hydrogen (secondary N) is 1. The molecule has 1 aliphatic rings. The smallest absolute Gasteiger partial charge is 0.331 e. The molecule has 5 nitrogen and oxygen atoms in total. The molecule has 0 radical (unpaired) electrons. The van der Waals surface area contributed by atoms with Crippen molar-refractivity contribution in [3.63, 3.8) is 0 Å². The zero-order valence-electron chi connectivity index (χ0n) is 12.7. The van der Waals surface area contributed by atoms with Crippen molar-refractivity contribution in [2.75, 3.05) is 19.8 Å². The summed E-state index contributed by atoms with van der Waals surface area (Å²) in [5, 5.41) is 2.69. The van der Waals surface area contributed by atoms with Gasteiger partial charge in [0.1, 0.15) is 0 Å². The summed E-state index contributed by atoms with van der Waals surface area (Å²) in [6.45, 7) is 2.94. The van der Waals surface area contributed by atoms with Gasteiger partial charge in [0.15, 0.2) is 6.61 Å². The van der Waals surface area contributed by atoms with Gasteiger partial charge in [-0.2, -0.15) is 0 Å². The van der Waals surface area contributed by atoms with Gasteiger partial charge in [0.2, 0.25) is 0 Å². The van der Waals surface area contributed by atoms with Crippen LogP contribution < -0.4 is 5.32 Å². The Kier molecular flexibility index (Phi) is 6.15. The van der Waals surface area contributed by atoms with Crippen LogP contribution in [0.3, 0.4) is 0 Å². The van der Waals surface area contributed by atoms with Gasteiger partial charge in [0, 0.05) is 19.2 Å². The van der Waals surface area contributed by atoms with Gasteiger partial charge in [-0.1, -0.05) is 29.8 Å². The molecular weight excluding hydrogens is 282 g/mol. The predicted octanol–water partition coefficient (Wildman–Crippen LogP) is 1.85. The fourth-order valence-corrected chi connectivity index (χ4v) is 2.11. The molecule has 1 amide bonds. The standard InChI is InChI=1S/C17H21NO4/c1-13-4-6-14(7-5-13)8-9-17(20)22-12-16(19)18-11-15-3-2-10-21-15/h4-9,15H,2-3,10-12H2,1H3,(H,18,19)/b9-8+. The topological polar surface area (TPSA) is 64.6 Å².